The third-order valence-electron chi connectivity index (χ3n) is 5.98. The Bertz CT molecular complexity index is 344. The van der Waals surface area contributed by atoms with Crippen molar-refractivity contribution in [2.75, 3.05) is 13.6 Å². The van der Waals surface area contributed by atoms with E-state index in [1.54, 1.807) is 0 Å². The lowest BCUT2D eigenvalue weighted by Gasteiger charge is -2.56. The summed E-state index contributed by atoms with van der Waals surface area (Å²) in [7, 11) is 1.98. The molecular formula is C17H28BrNO. The topological polar surface area (TPSA) is 20.3 Å². The van der Waals surface area contributed by atoms with E-state index in [2.05, 4.69) is 22.9 Å². The quantitative estimate of drug-likeness (QED) is 0.685. The summed E-state index contributed by atoms with van der Waals surface area (Å²) in [5.74, 6) is 3.23. The molecule has 4 saturated carbocycles. The fourth-order valence-corrected chi connectivity index (χ4v) is 5.66. The number of halogens is 1. The maximum absolute atomic E-state index is 12.6. The Kier molecular flexibility index (Phi) is 4.18. The first-order chi connectivity index (χ1) is 9.46. The zero-order chi connectivity index (χ0) is 14.3. The minimum absolute atomic E-state index is 0.389. The maximum Gasteiger partial charge on any atom is 0.222 e. The molecule has 4 bridgehead atoms. The van der Waals surface area contributed by atoms with Crippen molar-refractivity contribution < 1.29 is 4.79 Å². The number of carbonyl (C=O) groups excluding carboxylic acids is 1. The minimum atomic E-state index is 0.389. The van der Waals surface area contributed by atoms with Crippen LogP contribution in [-0.2, 0) is 4.79 Å². The van der Waals surface area contributed by atoms with Crippen LogP contribution in [0.4, 0.5) is 0 Å². The van der Waals surface area contributed by atoms with Crippen molar-refractivity contribution in [1.29, 1.82) is 0 Å². The molecule has 0 aromatic carbocycles. The number of alkyl halides is 1. The second-order valence-corrected chi connectivity index (χ2v) is 9.54. The van der Waals surface area contributed by atoms with E-state index >= 15 is 0 Å². The van der Waals surface area contributed by atoms with E-state index in [0.717, 1.165) is 37.1 Å². The SMILES string of the molecule is CC(Br)CCN(C)C(=O)CC12CC3CC(CC(C3)C1)C2. The van der Waals surface area contributed by atoms with Crippen LogP contribution < -0.4 is 0 Å². The molecule has 0 saturated heterocycles. The summed E-state index contributed by atoms with van der Waals surface area (Å²) in [6.45, 7) is 3.04. The van der Waals surface area contributed by atoms with Crippen molar-refractivity contribution in [2.24, 2.45) is 23.2 Å². The van der Waals surface area contributed by atoms with Gasteiger partial charge in [0.25, 0.3) is 0 Å². The van der Waals surface area contributed by atoms with Gasteiger partial charge in [-0.15, -0.1) is 0 Å². The average Bonchev–Trinajstić information content (AvgIpc) is 2.33. The number of amides is 1. The fourth-order valence-electron chi connectivity index (χ4n) is 5.46. The Morgan fingerprint density at radius 1 is 1.20 bits per heavy atom. The molecule has 0 spiro atoms. The smallest absolute Gasteiger partial charge is 0.222 e. The third-order valence-corrected chi connectivity index (χ3v) is 6.44. The molecule has 0 radical (unpaired) electrons. The number of nitrogens with zero attached hydrogens (tertiary/aromatic N) is 1. The van der Waals surface area contributed by atoms with Crippen molar-refractivity contribution in [3.8, 4) is 0 Å². The molecule has 4 aliphatic rings. The van der Waals surface area contributed by atoms with Gasteiger partial charge in [-0.05, 0) is 68.1 Å². The Labute approximate surface area is 131 Å². The van der Waals surface area contributed by atoms with Crippen molar-refractivity contribution in [3.63, 3.8) is 0 Å². The van der Waals surface area contributed by atoms with Crippen molar-refractivity contribution in [3.05, 3.63) is 0 Å². The molecule has 3 heteroatoms. The molecular weight excluding hydrogens is 314 g/mol. The largest absolute Gasteiger partial charge is 0.346 e. The highest BCUT2D eigenvalue weighted by molar-refractivity contribution is 9.09. The van der Waals surface area contributed by atoms with Crippen molar-refractivity contribution >= 4 is 21.8 Å². The average molecular weight is 342 g/mol. The maximum atomic E-state index is 12.6. The van der Waals surface area contributed by atoms with Gasteiger partial charge in [-0.2, -0.15) is 0 Å². The van der Waals surface area contributed by atoms with E-state index in [9.17, 15) is 4.79 Å². The predicted octanol–water partition coefficient (Wildman–Crippen LogP) is 4.22. The van der Waals surface area contributed by atoms with E-state index in [1.165, 1.54) is 38.5 Å². The minimum Gasteiger partial charge on any atom is -0.346 e. The second kappa shape index (κ2) is 5.62. The van der Waals surface area contributed by atoms with Crippen molar-refractivity contribution in [1.82, 2.24) is 4.90 Å². The van der Waals surface area contributed by atoms with Crippen LogP contribution in [0.2, 0.25) is 0 Å². The normalized spacial score (nSPS) is 39.9. The zero-order valence-electron chi connectivity index (χ0n) is 12.9. The zero-order valence-corrected chi connectivity index (χ0v) is 14.5. The van der Waals surface area contributed by atoms with E-state index in [1.807, 2.05) is 11.9 Å². The van der Waals surface area contributed by atoms with Crippen LogP contribution in [0.3, 0.4) is 0 Å². The summed E-state index contributed by atoms with van der Waals surface area (Å²) in [4.78, 5) is 15.0. The molecule has 0 aliphatic heterocycles. The number of rotatable bonds is 5. The highest BCUT2D eigenvalue weighted by Crippen LogP contribution is 2.61. The summed E-state index contributed by atoms with van der Waals surface area (Å²) in [6.07, 6.45) is 10.3. The number of hydrogen-bond acceptors (Lipinski definition) is 1. The molecule has 0 aromatic heterocycles. The van der Waals surface area contributed by atoms with E-state index in [4.69, 9.17) is 0 Å². The van der Waals surface area contributed by atoms with Crippen LogP contribution in [0.1, 0.15) is 58.3 Å². The Morgan fingerprint density at radius 3 is 2.15 bits per heavy atom. The van der Waals surface area contributed by atoms with Crippen LogP contribution >= 0.6 is 15.9 Å². The summed E-state index contributed by atoms with van der Waals surface area (Å²) >= 11 is 3.57. The van der Waals surface area contributed by atoms with Gasteiger partial charge in [0, 0.05) is 24.8 Å². The lowest BCUT2D eigenvalue weighted by molar-refractivity contribution is -0.138. The first-order valence-electron chi connectivity index (χ1n) is 8.34. The molecule has 2 nitrogen and oxygen atoms in total. The van der Waals surface area contributed by atoms with Gasteiger partial charge in [0.2, 0.25) is 5.91 Å². The molecule has 0 N–H and O–H groups in total. The van der Waals surface area contributed by atoms with Gasteiger partial charge >= 0.3 is 0 Å². The predicted molar refractivity (Wildman–Crippen MR) is 85.9 cm³/mol. The molecule has 0 aromatic rings. The van der Waals surface area contributed by atoms with E-state index in [-0.39, 0.29) is 0 Å². The molecule has 4 rings (SSSR count). The van der Waals surface area contributed by atoms with Gasteiger partial charge in [-0.25, -0.2) is 0 Å². The lowest BCUT2D eigenvalue weighted by Crippen LogP contribution is -2.48. The molecule has 4 aliphatic carbocycles. The first kappa shape index (κ1) is 14.9. The van der Waals surface area contributed by atoms with Gasteiger partial charge in [-0.1, -0.05) is 22.9 Å². The standard InChI is InChI=1S/C17H28BrNO/c1-12(18)3-4-19(2)16(20)11-17-8-13-5-14(9-17)7-15(6-13)10-17/h12-15H,3-11H2,1-2H3. The van der Waals surface area contributed by atoms with Gasteiger partial charge < -0.3 is 4.90 Å². The molecule has 114 valence electrons. The molecule has 0 heterocycles. The van der Waals surface area contributed by atoms with Crippen LogP contribution in [0.15, 0.2) is 0 Å². The van der Waals surface area contributed by atoms with E-state index in [0.29, 0.717) is 16.1 Å². The summed E-state index contributed by atoms with van der Waals surface area (Å²) < 4.78 is 0. The van der Waals surface area contributed by atoms with Crippen molar-refractivity contribution in [2.45, 2.75) is 63.1 Å². The highest BCUT2D eigenvalue weighted by Gasteiger charge is 2.51. The monoisotopic (exact) mass is 341 g/mol. The fraction of sp³-hybridized carbons (Fsp3) is 0.941. The van der Waals surface area contributed by atoms with Crippen LogP contribution in [0, 0.1) is 23.2 Å². The summed E-state index contributed by atoms with van der Waals surface area (Å²) in [5, 5.41) is 0. The Morgan fingerprint density at radius 2 is 1.70 bits per heavy atom. The number of carbonyl (C=O) groups is 1. The number of hydrogen-bond donors (Lipinski definition) is 0. The first-order valence-corrected chi connectivity index (χ1v) is 9.25. The molecule has 20 heavy (non-hydrogen) atoms. The molecule has 4 fully saturated rings. The highest BCUT2D eigenvalue weighted by atomic mass is 79.9. The Hall–Kier alpha value is -0.0500. The van der Waals surface area contributed by atoms with E-state index < -0.39 is 0 Å². The van der Waals surface area contributed by atoms with Crippen LogP contribution in [0.5, 0.6) is 0 Å². The third kappa shape index (κ3) is 3.08. The molecule has 1 amide bonds. The van der Waals surface area contributed by atoms with Crippen LogP contribution in [0.25, 0.3) is 0 Å². The second-order valence-electron chi connectivity index (χ2n) is 7.98. The lowest BCUT2D eigenvalue weighted by atomic mass is 9.49. The summed E-state index contributed by atoms with van der Waals surface area (Å²) in [6, 6.07) is 0. The molecule has 1 atom stereocenters. The van der Waals surface area contributed by atoms with Gasteiger partial charge in [-0.3, -0.25) is 4.79 Å². The summed E-state index contributed by atoms with van der Waals surface area (Å²) in [5.41, 5.74) is 0.389. The van der Waals surface area contributed by atoms with Crippen LogP contribution in [-0.4, -0.2) is 29.2 Å². The molecule has 1 unspecified atom stereocenters. The van der Waals surface area contributed by atoms with Gasteiger partial charge in [0.15, 0.2) is 0 Å². The Balaban J connectivity index is 1.58. The van der Waals surface area contributed by atoms with Gasteiger partial charge in [0.1, 0.15) is 0 Å². The van der Waals surface area contributed by atoms with Gasteiger partial charge in [0.05, 0.1) is 0 Å².